The number of nitrogens with zero attached hydrogens (tertiary/aromatic N) is 2. The zero-order valence-corrected chi connectivity index (χ0v) is 51.2. The lowest BCUT2D eigenvalue weighted by molar-refractivity contribution is -0.162. The monoisotopic (exact) mass is 1120 g/mol. The number of unbranched alkanes of at least 4 members (excludes halogenated alkanes) is 20. The van der Waals surface area contributed by atoms with E-state index < -0.39 is 93.7 Å². The molecule has 18 nitrogen and oxygen atoms in total. The first-order chi connectivity index (χ1) is 36.3. The van der Waals surface area contributed by atoms with Crippen LogP contribution in [0.3, 0.4) is 0 Å². The summed E-state index contributed by atoms with van der Waals surface area (Å²) in [6.45, 7) is 20.4. The van der Waals surface area contributed by atoms with Crippen molar-refractivity contribution in [1.82, 2.24) is 9.80 Å². The SMILES string of the molecule is CCCCCCCCCCCCCC(=O)OC[C@H](COP(=O)(O)OCC(COC(=O)CCN(CC(C)C)C(=O)OC(C)(C)C)OC(=O)CCN(CC(C)C)C(=O)OC(C)(C)C)OC(=O)CCCCCCCCCCCCC. The van der Waals surface area contributed by atoms with Gasteiger partial charge in [-0.05, 0) is 66.2 Å². The first kappa shape index (κ1) is 73.5. The zero-order chi connectivity index (χ0) is 58.1. The molecule has 77 heavy (non-hydrogen) atoms. The van der Waals surface area contributed by atoms with Gasteiger partial charge in [0.2, 0.25) is 0 Å². The topological polar surface area (TPSA) is 220 Å². The Morgan fingerprint density at radius 3 is 1.04 bits per heavy atom. The third-order valence-corrected chi connectivity index (χ3v) is 12.9. The van der Waals surface area contributed by atoms with Crippen LogP contribution in [0.4, 0.5) is 9.59 Å². The number of ether oxygens (including phenoxy) is 6. The van der Waals surface area contributed by atoms with Crippen molar-refractivity contribution in [3.63, 3.8) is 0 Å². The van der Waals surface area contributed by atoms with Crippen molar-refractivity contribution in [1.29, 1.82) is 0 Å². The predicted molar refractivity (Wildman–Crippen MR) is 300 cm³/mol. The Balaban J connectivity index is 5.92. The van der Waals surface area contributed by atoms with Crippen molar-refractivity contribution < 1.29 is 75.7 Å². The van der Waals surface area contributed by atoms with Crippen LogP contribution in [0, 0.1) is 11.8 Å². The normalized spacial score (nSPS) is 13.4. The lowest BCUT2D eigenvalue weighted by Gasteiger charge is -2.28. The Labute approximate surface area is 465 Å². The van der Waals surface area contributed by atoms with E-state index in [0.717, 1.165) is 44.9 Å². The van der Waals surface area contributed by atoms with Crippen LogP contribution in [0.2, 0.25) is 0 Å². The van der Waals surface area contributed by atoms with Crippen LogP contribution in [0.15, 0.2) is 0 Å². The standard InChI is InChI=1S/C58H109N2O16P/c1-13-15-17-19-21-23-25-27-29-31-33-35-51(61)69-43-49(73-53(63)36-34-32-30-28-26-24-22-20-18-16-14-2)45-71-77(67,68)72-46-50(74-54(64)38-40-60(42-48(5)6)56(66)76-58(10,11)12)44-70-52(62)37-39-59(41-47(3)4)55(65)75-57(7,8)9/h47-50H,13-46H2,1-12H3,(H,67,68)/t49-,50?/m1/s1. The molecule has 0 aromatic rings. The molecule has 0 bridgehead atoms. The van der Waals surface area contributed by atoms with E-state index in [1.807, 2.05) is 27.7 Å². The summed E-state index contributed by atoms with van der Waals surface area (Å²) in [5.74, 6) is -2.58. The molecule has 0 saturated carbocycles. The van der Waals surface area contributed by atoms with Gasteiger partial charge in [-0.3, -0.25) is 28.2 Å². The van der Waals surface area contributed by atoms with Crippen molar-refractivity contribution in [2.75, 3.05) is 52.6 Å². The van der Waals surface area contributed by atoms with E-state index in [9.17, 15) is 38.2 Å². The van der Waals surface area contributed by atoms with Crippen LogP contribution in [0.5, 0.6) is 0 Å². The molecule has 0 radical (unpaired) electrons. The molecular formula is C58H109N2O16P. The minimum absolute atomic E-state index is 0.0355. The summed E-state index contributed by atoms with van der Waals surface area (Å²) < 4.78 is 57.2. The molecule has 0 aliphatic rings. The number of hydrogen-bond acceptors (Lipinski definition) is 15. The molecule has 0 heterocycles. The number of esters is 4. The molecule has 3 atom stereocenters. The highest BCUT2D eigenvalue weighted by molar-refractivity contribution is 7.47. The van der Waals surface area contributed by atoms with Crippen LogP contribution in [0.1, 0.15) is 250 Å². The fourth-order valence-corrected chi connectivity index (χ4v) is 8.78. The third kappa shape index (κ3) is 46.0. The second-order valence-electron chi connectivity index (χ2n) is 23.4. The largest absolute Gasteiger partial charge is 0.472 e. The van der Waals surface area contributed by atoms with E-state index in [-0.39, 0.29) is 57.2 Å². The van der Waals surface area contributed by atoms with Gasteiger partial charge in [0.1, 0.15) is 24.4 Å². The molecule has 2 unspecified atom stereocenters. The molecule has 0 saturated heterocycles. The molecular weight excluding hydrogens is 1010 g/mol. The Bertz CT molecular complexity index is 1650. The van der Waals surface area contributed by atoms with E-state index in [2.05, 4.69) is 13.8 Å². The first-order valence-electron chi connectivity index (χ1n) is 29.5. The fraction of sp³-hybridized carbons (Fsp3) is 0.897. The maximum absolute atomic E-state index is 13.4. The number of amides is 2. The Morgan fingerprint density at radius 1 is 0.429 bits per heavy atom. The number of carbonyl (C=O) groups is 6. The number of carbonyl (C=O) groups excluding carboxylic acids is 6. The third-order valence-electron chi connectivity index (χ3n) is 11.9. The van der Waals surface area contributed by atoms with Crippen LogP contribution in [0.25, 0.3) is 0 Å². The Kier molecular flexibility index (Phi) is 41.4. The molecule has 0 aromatic carbocycles. The minimum Gasteiger partial charge on any atom is -0.462 e. The molecule has 0 aliphatic carbocycles. The summed E-state index contributed by atoms with van der Waals surface area (Å²) in [4.78, 5) is 91.9. The van der Waals surface area contributed by atoms with Crippen molar-refractivity contribution in [3.05, 3.63) is 0 Å². The number of phosphoric acid groups is 1. The molecule has 0 fully saturated rings. The molecule has 2 amide bonds. The van der Waals surface area contributed by atoms with Crippen molar-refractivity contribution in [2.45, 2.75) is 273 Å². The Hall–Kier alpha value is -3.47. The molecule has 0 aliphatic heterocycles. The second kappa shape index (κ2) is 43.3. The average Bonchev–Trinajstić information content (AvgIpc) is 3.32. The van der Waals surface area contributed by atoms with Gasteiger partial charge < -0.3 is 43.1 Å². The van der Waals surface area contributed by atoms with Gasteiger partial charge in [0.25, 0.3) is 0 Å². The molecule has 1 N–H and O–H groups in total. The second-order valence-corrected chi connectivity index (χ2v) is 24.8. The summed E-state index contributed by atoms with van der Waals surface area (Å²) in [5.41, 5.74) is -1.56. The predicted octanol–water partition coefficient (Wildman–Crippen LogP) is 14.0. The smallest absolute Gasteiger partial charge is 0.462 e. The lowest BCUT2D eigenvalue weighted by Crippen LogP contribution is -2.40. The average molecular weight is 1120 g/mol. The van der Waals surface area contributed by atoms with Gasteiger partial charge >= 0.3 is 43.9 Å². The van der Waals surface area contributed by atoms with Gasteiger partial charge in [-0.2, -0.15) is 0 Å². The fourth-order valence-electron chi connectivity index (χ4n) is 8.00. The van der Waals surface area contributed by atoms with Crippen LogP contribution < -0.4 is 0 Å². The number of rotatable bonds is 46. The van der Waals surface area contributed by atoms with Gasteiger partial charge in [-0.15, -0.1) is 0 Å². The van der Waals surface area contributed by atoms with E-state index in [1.54, 1.807) is 41.5 Å². The summed E-state index contributed by atoms with van der Waals surface area (Å²) in [7, 11) is -5.01. The lowest BCUT2D eigenvalue weighted by atomic mass is 10.1. The van der Waals surface area contributed by atoms with Gasteiger partial charge in [0.15, 0.2) is 12.2 Å². The van der Waals surface area contributed by atoms with Crippen molar-refractivity contribution in [2.24, 2.45) is 11.8 Å². The highest BCUT2D eigenvalue weighted by atomic mass is 31.2. The Morgan fingerprint density at radius 2 is 0.714 bits per heavy atom. The van der Waals surface area contributed by atoms with Crippen molar-refractivity contribution in [3.8, 4) is 0 Å². The van der Waals surface area contributed by atoms with Gasteiger partial charge in [0, 0.05) is 39.0 Å². The van der Waals surface area contributed by atoms with Gasteiger partial charge in [0.05, 0.1) is 26.1 Å². The quantitative estimate of drug-likeness (QED) is 0.0259. The van der Waals surface area contributed by atoms with Gasteiger partial charge in [-0.25, -0.2) is 14.2 Å². The van der Waals surface area contributed by atoms with Crippen LogP contribution in [-0.4, -0.2) is 127 Å². The van der Waals surface area contributed by atoms with Crippen LogP contribution in [-0.2, 0) is 61.2 Å². The van der Waals surface area contributed by atoms with Crippen molar-refractivity contribution >= 4 is 43.9 Å². The summed E-state index contributed by atoms with van der Waals surface area (Å²) in [6.07, 6.45) is 20.3. The van der Waals surface area contributed by atoms with Gasteiger partial charge in [-0.1, -0.05) is 170 Å². The number of hydrogen-bond donors (Lipinski definition) is 1. The van der Waals surface area contributed by atoms with E-state index in [1.165, 1.54) is 93.3 Å². The molecule has 0 spiro atoms. The van der Waals surface area contributed by atoms with Crippen LogP contribution >= 0.6 is 7.82 Å². The van der Waals surface area contributed by atoms with E-state index in [0.29, 0.717) is 19.4 Å². The maximum Gasteiger partial charge on any atom is 0.472 e. The molecule has 452 valence electrons. The summed E-state index contributed by atoms with van der Waals surface area (Å²) >= 11 is 0. The zero-order valence-electron chi connectivity index (χ0n) is 50.3. The van der Waals surface area contributed by atoms with E-state index in [4.69, 9.17) is 37.5 Å². The maximum atomic E-state index is 13.4. The number of phosphoric ester groups is 1. The highest BCUT2D eigenvalue weighted by Crippen LogP contribution is 2.43. The molecule has 0 rings (SSSR count). The molecule has 19 heteroatoms. The first-order valence-corrected chi connectivity index (χ1v) is 31.0. The van der Waals surface area contributed by atoms with E-state index >= 15 is 0 Å². The molecule has 0 aromatic heterocycles. The minimum atomic E-state index is -5.01. The summed E-state index contributed by atoms with van der Waals surface area (Å²) in [6, 6.07) is 0. The summed E-state index contributed by atoms with van der Waals surface area (Å²) in [5, 5.41) is 0. The highest BCUT2D eigenvalue weighted by Gasteiger charge is 2.31.